The summed E-state index contributed by atoms with van der Waals surface area (Å²) >= 11 is 5.31. The van der Waals surface area contributed by atoms with Crippen molar-refractivity contribution in [3.63, 3.8) is 0 Å². The van der Waals surface area contributed by atoms with Gasteiger partial charge in [0.2, 0.25) is 0 Å². The van der Waals surface area contributed by atoms with Crippen LogP contribution in [0.4, 0.5) is 0 Å². The first-order chi connectivity index (χ1) is 9.28. The lowest BCUT2D eigenvalue weighted by molar-refractivity contribution is 0.155. The minimum atomic E-state index is 0.165. The van der Waals surface area contributed by atoms with E-state index in [9.17, 15) is 0 Å². The topological polar surface area (TPSA) is 21.3 Å². The summed E-state index contributed by atoms with van der Waals surface area (Å²) in [5.74, 6) is 0.999. The zero-order chi connectivity index (χ0) is 13.2. The van der Waals surface area contributed by atoms with Crippen molar-refractivity contribution >= 4 is 27.3 Å². The summed E-state index contributed by atoms with van der Waals surface area (Å²) in [7, 11) is 0. The number of hydrogen-bond acceptors (Lipinski definition) is 3. The third-order valence-electron chi connectivity index (χ3n) is 3.38. The van der Waals surface area contributed by atoms with Gasteiger partial charge in [0.25, 0.3) is 0 Å². The Morgan fingerprint density at radius 2 is 2.32 bits per heavy atom. The van der Waals surface area contributed by atoms with Crippen LogP contribution in [0.25, 0.3) is 0 Å². The fourth-order valence-electron chi connectivity index (χ4n) is 2.53. The van der Waals surface area contributed by atoms with Crippen molar-refractivity contribution in [2.45, 2.75) is 25.5 Å². The molecule has 4 heteroatoms. The molecule has 2 aromatic rings. The Morgan fingerprint density at radius 1 is 1.42 bits per heavy atom. The van der Waals surface area contributed by atoms with Crippen molar-refractivity contribution in [2.75, 3.05) is 6.54 Å². The van der Waals surface area contributed by atoms with Crippen molar-refractivity contribution in [3.8, 4) is 5.75 Å². The molecule has 0 aliphatic carbocycles. The van der Waals surface area contributed by atoms with Crippen LogP contribution in [0, 0.1) is 0 Å². The molecule has 2 atom stereocenters. The fourth-order valence-corrected chi connectivity index (χ4v) is 3.68. The van der Waals surface area contributed by atoms with Gasteiger partial charge in [-0.25, -0.2) is 0 Å². The molecule has 0 spiro atoms. The van der Waals surface area contributed by atoms with Gasteiger partial charge in [-0.15, -0.1) is 11.3 Å². The standard InChI is InChI=1S/C15H16BrNOS/c1-2-17-12-9-14(15-4-3-7-19-15)18-13-6-5-10(16)8-11(12)13/h3-8,12,14,17H,2,9H2,1H3. The lowest BCUT2D eigenvalue weighted by Gasteiger charge is -2.32. The summed E-state index contributed by atoms with van der Waals surface area (Å²) in [4.78, 5) is 1.30. The number of thiophene rings is 1. The summed E-state index contributed by atoms with van der Waals surface area (Å²) in [6, 6.07) is 10.9. The van der Waals surface area contributed by atoms with E-state index in [4.69, 9.17) is 4.74 Å². The van der Waals surface area contributed by atoms with E-state index in [1.165, 1.54) is 10.4 Å². The molecular weight excluding hydrogens is 322 g/mol. The largest absolute Gasteiger partial charge is 0.484 e. The van der Waals surface area contributed by atoms with Gasteiger partial charge in [-0.1, -0.05) is 28.9 Å². The molecular formula is C15H16BrNOS. The predicted molar refractivity (Wildman–Crippen MR) is 82.9 cm³/mol. The van der Waals surface area contributed by atoms with E-state index in [-0.39, 0.29) is 6.10 Å². The molecule has 0 saturated carbocycles. The van der Waals surface area contributed by atoms with Crippen LogP contribution >= 0.6 is 27.3 Å². The molecule has 1 aliphatic rings. The highest BCUT2D eigenvalue weighted by atomic mass is 79.9. The van der Waals surface area contributed by atoms with E-state index in [0.717, 1.165) is 23.2 Å². The maximum absolute atomic E-state index is 6.16. The monoisotopic (exact) mass is 337 g/mol. The molecule has 1 aliphatic heterocycles. The molecule has 0 bridgehead atoms. The van der Waals surface area contributed by atoms with E-state index in [0.29, 0.717) is 6.04 Å². The number of fused-ring (bicyclic) bond motifs is 1. The molecule has 1 aromatic heterocycles. The van der Waals surface area contributed by atoms with E-state index >= 15 is 0 Å². The maximum atomic E-state index is 6.16. The second-order valence-electron chi connectivity index (χ2n) is 4.65. The molecule has 0 fully saturated rings. The molecule has 19 heavy (non-hydrogen) atoms. The van der Waals surface area contributed by atoms with Crippen molar-refractivity contribution < 1.29 is 4.74 Å². The zero-order valence-corrected chi connectivity index (χ0v) is 13.1. The highest BCUT2D eigenvalue weighted by Gasteiger charge is 2.29. The first-order valence-electron chi connectivity index (χ1n) is 6.51. The normalized spacial score (nSPS) is 21.8. The molecule has 2 unspecified atom stereocenters. The smallest absolute Gasteiger partial charge is 0.135 e. The molecule has 0 amide bonds. The van der Waals surface area contributed by atoms with Crippen LogP contribution in [0.1, 0.15) is 35.9 Å². The van der Waals surface area contributed by atoms with Crippen LogP contribution in [-0.2, 0) is 0 Å². The first kappa shape index (κ1) is 13.2. The van der Waals surface area contributed by atoms with Crippen molar-refractivity contribution in [3.05, 3.63) is 50.6 Å². The number of halogens is 1. The molecule has 1 N–H and O–H groups in total. The van der Waals surface area contributed by atoms with Gasteiger partial charge >= 0.3 is 0 Å². The molecule has 1 aromatic carbocycles. The molecule has 0 saturated heterocycles. The Kier molecular flexibility index (Phi) is 3.91. The van der Waals surface area contributed by atoms with E-state index in [1.54, 1.807) is 11.3 Å². The Hall–Kier alpha value is -0.840. The van der Waals surface area contributed by atoms with Gasteiger partial charge in [-0.05, 0) is 36.2 Å². The number of rotatable bonds is 3. The molecule has 0 radical (unpaired) electrons. The number of benzene rings is 1. The van der Waals surface area contributed by atoms with E-state index in [2.05, 4.69) is 57.8 Å². The highest BCUT2D eigenvalue weighted by Crippen LogP contribution is 2.42. The molecule has 2 nitrogen and oxygen atoms in total. The molecule has 2 heterocycles. The second kappa shape index (κ2) is 5.65. The average molecular weight is 338 g/mol. The van der Waals surface area contributed by atoms with Crippen LogP contribution in [0.5, 0.6) is 5.75 Å². The Balaban J connectivity index is 1.95. The van der Waals surface area contributed by atoms with Gasteiger partial charge in [-0.2, -0.15) is 0 Å². The van der Waals surface area contributed by atoms with E-state index in [1.807, 2.05) is 6.07 Å². The summed E-state index contributed by atoms with van der Waals surface area (Å²) in [5, 5.41) is 5.67. The zero-order valence-electron chi connectivity index (χ0n) is 10.7. The average Bonchev–Trinajstić information content (AvgIpc) is 2.93. The first-order valence-corrected chi connectivity index (χ1v) is 8.18. The van der Waals surface area contributed by atoms with Gasteiger partial charge in [0.15, 0.2) is 0 Å². The van der Waals surface area contributed by atoms with Gasteiger partial charge < -0.3 is 10.1 Å². The van der Waals surface area contributed by atoms with Gasteiger partial charge in [0.1, 0.15) is 11.9 Å². The third kappa shape index (κ3) is 2.71. The SMILES string of the molecule is CCNC1CC(c2cccs2)Oc2ccc(Br)cc21. The minimum Gasteiger partial charge on any atom is -0.484 e. The summed E-state index contributed by atoms with van der Waals surface area (Å²) in [6.45, 7) is 3.11. The number of nitrogens with one attached hydrogen (secondary N) is 1. The van der Waals surface area contributed by atoms with Gasteiger partial charge in [-0.3, -0.25) is 0 Å². The van der Waals surface area contributed by atoms with Crippen molar-refractivity contribution in [1.29, 1.82) is 0 Å². The lowest BCUT2D eigenvalue weighted by atomic mass is 9.96. The van der Waals surface area contributed by atoms with Crippen LogP contribution in [0.2, 0.25) is 0 Å². The fraction of sp³-hybridized carbons (Fsp3) is 0.333. The predicted octanol–water partition coefficient (Wildman–Crippen LogP) is 4.69. The minimum absolute atomic E-state index is 0.165. The maximum Gasteiger partial charge on any atom is 0.135 e. The Labute approximate surface area is 125 Å². The third-order valence-corrected chi connectivity index (χ3v) is 4.83. The summed E-state index contributed by atoms with van der Waals surface area (Å²) in [6.07, 6.45) is 1.15. The van der Waals surface area contributed by atoms with Crippen LogP contribution in [-0.4, -0.2) is 6.54 Å². The van der Waals surface area contributed by atoms with Gasteiger partial charge in [0, 0.05) is 27.4 Å². The Morgan fingerprint density at radius 3 is 3.05 bits per heavy atom. The number of hydrogen-bond donors (Lipinski definition) is 1. The Bertz CT molecular complexity index is 555. The van der Waals surface area contributed by atoms with Crippen molar-refractivity contribution in [2.24, 2.45) is 0 Å². The lowest BCUT2D eigenvalue weighted by Crippen LogP contribution is -2.28. The molecule has 3 rings (SSSR count). The van der Waals surface area contributed by atoms with Gasteiger partial charge in [0.05, 0.1) is 0 Å². The summed E-state index contributed by atoms with van der Waals surface area (Å²) in [5.41, 5.74) is 1.25. The van der Waals surface area contributed by atoms with Crippen molar-refractivity contribution in [1.82, 2.24) is 5.32 Å². The molecule has 100 valence electrons. The second-order valence-corrected chi connectivity index (χ2v) is 6.54. The number of ether oxygens (including phenoxy) is 1. The van der Waals surface area contributed by atoms with Crippen LogP contribution in [0.15, 0.2) is 40.2 Å². The highest BCUT2D eigenvalue weighted by molar-refractivity contribution is 9.10. The van der Waals surface area contributed by atoms with Crippen LogP contribution < -0.4 is 10.1 Å². The summed E-state index contributed by atoms with van der Waals surface area (Å²) < 4.78 is 7.26. The van der Waals surface area contributed by atoms with Crippen LogP contribution in [0.3, 0.4) is 0 Å². The quantitative estimate of drug-likeness (QED) is 0.877. The van der Waals surface area contributed by atoms with E-state index < -0.39 is 0 Å².